The average Bonchev–Trinajstić information content (AvgIpc) is 3.01. The molecule has 2 aromatic rings. The van der Waals surface area contributed by atoms with E-state index in [0.29, 0.717) is 5.75 Å². The van der Waals surface area contributed by atoms with Gasteiger partial charge in [-0.1, -0.05) is 30.3 Å². The molecule has 1 aliphatic rings. The van der Waals surface area contributed by atoms with Crippen LogP contribution >= 0.6 is 23.1 Å². The van der Waals surface area contributed by atoms with E-state index in [-0.39, 0.29) is 11.9 Å². The minimum Gasteiger partial charge on any atom is -0.349 e. The average molecular weight is 317 g/mol. The molecule has 1 N–H and O–H groups in total. The Bertz CT molecular complexity index is 595. The zero-order valence-electron chi connectivity index (χ0n) is 11.9. The molecule has 1 aromatic carbocycles. The van der Waals surface area contributed by atoms with Crippen molar-refractivity contribution in [2.75, 3.05) is 5.75 Å². The van der Waals surface area contributed by atoms with Crippen molar-refractivity contribution in [2.45, 2.75) is 31.1 Å². The molecule has 0 radical (unpaired) electrons. The van der Waals surface area contributed by atoms with Gasteiger partial charge in [-0.2, -0.15) is 0 Å². The predicted molar refractivity (Wildman–Crippen MR) is 90.7 cm³/mol. The van der Waals surface area contributed by atoms with Gasteiger partial charge < -0.3 is 5.32 Å². The largest absolute Gasteiger partial charge is 0.349 e. The zero-order chi connectivity index (χ0) is 14.5. The van der Waals surface area contributed by atoms with Crippen LogP contribution in [0.25, 0.3) is 0 Å². The molecule has 0 saturated heterocycles. The summed E-state index contributed by atoms with van der Waals surface area (Å²) in [6.45, 7) is 0. The lowest BCUT2D eigenvalue weighted by molar-refractivity contribution is -0.119. The Morgan fingerprint density at radius 1 is 1.29 bits per heavy atom. The maximum Gasteiger partial charge on any atom is 0.230 e. The molecule has 1 aromatic heterocycles. The lowest BCUT2D eigenvalue weighted by Gasteiger charge is -2.26. The molecule has 0 spiro atoms. The van der Waals surface area contributed by atoms with Crippen LogP contribution in [0.3, 0.4) is 0 Å². The number of carbonyl (C=O) groups excluding carboxylic acids is 1. The molecule has 110 valence electrons. The van der Waals surface area contributed by atoms with Crippen molar-refractivity contribution in [3.8, 4) is 0 Å². The van der Waals surface area contributed by atoms with Gasteiger partial charge in [0.15, 0.2) is 0 Å². The van der Waals surface area contributed by atoms with E-state index in [2.05, 4.69) is 47.1 Å². The van der Waals surface area contributed by atoms with Gasteiger partial charge in [0.25, 0.3) is 0 Å². The SMILES string of the molecule is O=C(CSCc1cccs1)N[C@@H]1CCCc2ccccc21. The van der Waals surface area contributed by atoms with E-state index in [1.54, 1.807) is 23.1 Å². The molecule has 4 heteroatoms. The van der Waals surface area contributed by atoms with Gasteiger partial charge in [0.05, 0.1) is 11.8 Å². The minimum absolute atomic E-state index is 0.151. The number of benzene rings is 1. The van der Waals surface area contributed by atoms with Crippen LogP contribution in [0, 0.1) is 0 Å². The van der Waals surface area contributed by atoms with Crippen molar-refractivity contribution in [3.05, 3.63) is 57.8 Å². The summed E-state index contributed by atoms with van der Waals surface area (Å²) in [5.74, 6) is 1.61. The summed E-state index contributed by atoms with van der Waals surface area (Å²) < 4.78 is 0. The maximum absolute atomic E-state index is 12.1. The normalized spacial score (nSPS) is 17.2. The number of aryl methyl sites for hydroxylation is 1. The van der Waals surface area contributed by atoms with E-state index in [1.807, 2.05) is 0 Å². The van der Waals surface area contributed by atoms with Crippen LogP contribution < -0.4 is 5.32 Å². The monoisotopic (exact) mass is 317 g/mol. The topological polar surface area (TPSA) is 29.1 Å². The van der Waals surface area contributed by atoms with Crippen LogP contribution in [0.5, 0.6) is 0 Å². The first-order chi connectivity index (χ1) is 10.3. The second-order valence-electron chi connectivity index (χ2n) is 5.28. The van der Waals surface area contributed by atoms with E-state index >= 15 is 0 Å². The highest BCUT2D eigenvalue weighted by atomic mass is 32.2. The van der Waals surface area contributed by atoms with Crippen LogP contribution in [-0.4, -0.2) is 11.7 Å². The molecule has 0 unspecified atom stereocenters. The highest BCUT2D eigenvalue weighted by Crippen LogP contribution is 2.29. The number of thioether (sulfide) groups is 1. The van der Waals surface area contributed by atoms with Crippen LogP contribution in [0.4, 0.5) is 0 Å². The number of nitrogens with one attached hydrogen (secondary N) is 1. The van der Waals surface area contributed by atoms with E-state index in [0.717, 1.165) is 25.0 Å². The number of fused-ring (bicyclic) bond motifs is 1. The lowest BCUT2D eigenvalue weighted by atomic mass is 9.88. The summed E-state index contributed by atoms with van der Waals surface area (Å²) in [5, 5.41) is 5.28. The van der Waals surface area contributed by atoms with Gasteiger partial charge in [-0.3, -0.25) is 4.79 Å². The van der Waals surface area contributed by atoms with Crippen molar-refractivity contribution in [3.63, 3.8) is 0 Å². The second kappa shape index (κ2) is 7.14. The Hall–Kier alpha value is -1.26. The third-order valence-electron chi connectivity index (χ3n) is 3.76. The minimum atomic E-state index is 0.151. The lowest BCUT2D eigenvalue weighted by Crippen LogP contribution is -2.32. The third kappa shape index (κ3) is 3.89. The number of carbonyl (C=O) groups is 1. The first kappa shape index (κ1) is 14.7. The molecule has 0 bridgehead atoms. The fraction of sp³-hybridized carbons (Fsp3) is 0.353. The fourth-order valence-electron chi connectivity index (χ4n) is 2.78. The van der Waals surface area contributed by atoms with Crippen molar-refractivity contribution < 1.29 is 4.79 Å². The second-order valence-corrected chi connectivity index (χ2v) is 7.30. The highest BCUT2D eigenvalue weighted by Gasteiger charge is 2.21. The third-order valence-corrected chi connectivity index (χ3v) is 5.80. The fourth-order valence-corrected chi connectivity index (χ4v) is 4.46. The van der Waals surface area contributed by atoms with Gasteiger partial charge in [-0.05, 0) is 41.8 Å². The Kier molecular flexibility index (Phi) is 4.99. The molecule has 1 amide bonds. The summed E-state index contributed by atoms with van der Waals surface area (Å²) in [4.78, 5) is 13.5. The summed E-state index contributed by atoms with van der Waals surface area (Å²) in [6.07, 6.45) is 3.35. The molecule has 2 nitrogen and oxygen atoms in total. The van der Waals surface area contributed by atoms with Gasteiger partial charge in [-0.15, -0.1) is 23.1 Å². The Balaban J connectivity index is 1.51. The van der Waals surface area contributed by atoms with Gasteiger partial charge in [0.1, 0.15) is 0 Å². The number of rotatable bonds is 5. The Morgan fingerprint density at radius 3 is 3.05 bits per heavy atom. The maximum atomic E-state index is 12.1. The number of hydrogen-bond donors (Lipinski definition) is 1. The number of thiophene rings is 1. The molecule has 0 aliphatic heterocycles. The smallest absolute Gasteiger partial charge is 0.230 e. The first-order valence-electron chi connectivity index (χ1n) is 7.30. The van der Waals surface area contributed by atoms with Crippen molar-refractivity contribution in [1.29, 1.82) is 0 Å². The Labute approximate surface area is 134 Å². The molecule has 0 saturated carbocycles. The van der Waals surface area contributed by atoms with Crippen molar-refractivity contribution >= 4 is 29.0 Å². The molecule has 1 aliphatic carbocycles. The molecular formula is C17H19NOS2. The summed E-state index contributed by atoms with van der Waals surface area (Å²) in [5.41, 5.74) is 2.70. The summed E-state index contributed by atoms with van der Waals surface area (Å²) in [7, 11) is 0. The van der Waals surface area contributed by atoms with Crippen LogP contribution in [0.15, 0.2) is 41.8 Å². The van der Waals surface area contributed by atoms with E-state index < -0.39 is 0 Å². The highest BCUT2D eigenvalue weighted by molar-refractivity contribution is 7.99. The van der Waals surface area contributed by atoms with Crippen LogP contribution in [-0.2, 0) is 17.0 Å². The van der Waals surface area contributed by atoms with E-state index in [4.69, 9.17) is 0 Å². The molecule has 1 heterocycles. The van der Waals surface area contributed by atoms with Crippen molar-refractivity contribution in [2.24, 2.45) is 0 Å². The molecule has 0 fully saturated rings. The van der Waals surface area contributed by atoms with Gasteiger partial charge in [-0.25, -0.2) is 0 Å². The number of hydrogen-bond acceptors (Lipinski definition) is 3. The molecule has 1 atom stereocenters. The standard InChI is InChI=1S/C17H19NOS2/c19-17(12-20-11-14-7-4-10-21-14)18-16-9-3-6-13-5-1-2-8-15(13)16/h1-2,4-5,7-8,10,16H,3,6,9,11-12H2,(H,18,19)/t16-/m1/s1. The summed E-state index contributed by atoms with van der Waals surface area (Å²) in [6, 6.07) is 12.9. The van der Waals surface area contributed by atoms with Crippen LogP contribution in [0.2, 0.25) is 0 Å². The molecule has 3 rings (SSSR count). The first-order valence-corrected chi connectivity index (χ1v) is 9.33. The molecular weight excluding hydrogens is 298 g/mol. The number of amides is 1. The predicted octanol–water partition coefficient (Wildman–Crippen LogP) is 4.18. The quantitative estimate of drug-likeness (QED) is 0.896. The van der Waals surface area contributed by atoms with Crippen LogP contribution in [0.1, 0.15) is 34.9 Å². The molecule has 21 heavy (non-hydrogen) atoms. The van der Waals surface area contributed by atoms with E-state index in [1.165, 1.54) is 16.0 Å². The van der Waals surface area contributed by atoms with Crippen molar-refractivity contribution in [1.82, 2.24) is 5.32 Å². The zero-order valence-corrected chi connectivity index (χ0v) is 13.5. The van der Waals surface area contributed by atoms with Gasteiger partial charge in [0.2, 0.25) is 5.91 Å². The summed E-state index contributed by atoms with van der Waals surface area (Å²) >= 11 is 3.44. The van der Waals surface area contributed by atoms with Gasteiger partial charge >= 0.3 is 0 Å². The van der Waals surface area contributed by atoms with Gasteiger partial charge in [0, 0.05) is 10.6 Å². The van der Waals surface area contributed by atoms with E-state index in [9.17, 15) is 4.79 Å². The Morgan fingerprint density at radius 2 is 2.19 bits per heavy atom.